The molecule has 0 aromatic carbocycles. The fraction of sp³-hybridized carbons (Fsp3) is 0.500. The fourth-order valence-corrected chi connectivity index (χ4v) is 3.06. The van der Waals surface area contributed by atoms with Crippen molar-refractivity contribution in [3.63, 3.8) is 0 Å². The summed E-state index contributed by atoms with van der Waals surface area (Å²) in [7, 11) is 0. The van der Waals surface area contributed by atoms with E-state index < -0.39 is 5.97 Å². The van der Waals surface area contributed by atoms with Gasteiger partial charge < -0.3 is 10.4 Å². The predicted octanol–water partition coefficient (Wildman–Crippen LogP) is 2.85. The Labute approximate surface area is 141 Å². The lowest BCUT2D eigenvalue weighted by atomic mass is 10.1. The maximum Gasteiger partial charge on any atom is 0.305 e. The molecule has 6 nitrogen and oxygen atoms in total. The van der Waals surface area contributed by atoms with Gasteiger partial charge in [0, 0.05) is 18.4 Å². The van der Waals surface area contributed by atoms with Crippen LogP contribution in [0.4, 0.5) is 5.82 Å². The number of hydrogen-bond acceptors (Lipinski definition) is 4. The first-order valence-corrected chi connectivity index (χ1v) is 8.60. The van der Waals surface area contributed by atoms with E-state index in [1.807, 2.05) is 19.2 Å². The summed E-state index contributed by atoms with van der Waals surface area (Å²) < 4.78 is 1.74. The van der Waals surface area contributed by atoms with E-state index in [2.05, 4.69) is 22.5 Å². The van der Waals surface area contributed by atoms with Gasteiger partial charge in [0.2, 0.25) is 0 Å². The molecule has 2 aromatic rings. The number of carbonyl (C=O) groups is 1. The first-order chi connectivity index (χ1) is 11.6. The largest absolute Gasteiger partial charge is 0.481 e. The number of carboxylic acid groups (broad SMARTS) is 1. The van der Waals surface area contributed by atoms with Crippen molar-refractivity contribution in [3.8, 4) is 0 Å². The van der Waals surface area contributed by atoms with E-state index >= 15 is 0 Å². The lowest BCUT2D eigenvalue weighted by Crippen LogP contribution is -2.14. The summed E-state index contributed by atoms with van der Waals surface area (Å²) in [4.78, 5) is 15.5. The molecule has 1 aliphatic heterocycles. The maximum atomic E-state index is 10.8. The number of hydrogen-bond donors (Lipinski definition) is 2. The van der Waals surface area contributed by atoms with Crippen LogP contribution in [0.25, 0.3) is 0 Å². The Morgan fingerprint density at radius 1 is 1.33 bits per heavy atom. The molecule has 0 bridgehead atoms. The molecule has 128 valence electrons. The van der Waals surface area contributed by atoms with E-state index in [4.69, 9.17) is 10.1 Å². The van der Waals surface area contributed by atoms with Gasteiger partial charge in [-0.3, -0.25) is 9.48 Å². The standard InChI is InChI=1S/C18H24N4O2/c1-13(12-17(23)24)22-11-9-16(21-22)6-2-5-15-8-7-14-4-3-10-19-18(14)20-15/h7-9,11,13H,2-6,10,12H2,1H3,(H,19,20)(H,23,24)/t13-/m1/s1. The second kappa shape index (κ2) is 7.47. The number of carboxylic acids is 1. The van der Waals surface area contributed by atoms with Crippen LogP contribution in [0.5, 0.6) is 0 Å². The Bertz CT molecular complexity index is 711. The number of anilines is 1. The Morgan fingerprint density at radius 2 is 2.17 bits per heavy atom. The highest BCUT2D eigenvalue weighted by molar-refractivity contribution is 5.67. The Hall–Kier alpha value is -2.37. The molecule has 1 aliphatic rings. The van der Waals surface area contributed by atoms with Crippen LogP contribution in [0.2, 0.25) is 0 Å². The Balaban J connectivity index is 1.51. The van der Waals surface area contributed by atoms with Crippen molar-refractivity contribution in [1.29, 1.82) is 0 Å². The number of nitrogens with one attached hydrogen (secondary N) is 1. The number of aryl methyl sites for hydroxylation is 3. The van der Waals surface area contributed by atoms with Crippen LogP contribution in [-0.4, -0.2) is 32.4 Å². The molecule has 0 radical (unpaired) electrons. The highest BCUT2D eigenvalue weighted by atomic mass is 16.4. The topological polar surface area (TPSA) is 80.0 Å². The van der Waals surface area contributed by atoms with E-state index in [-0.39, 0.29) is 12.5 Å². The second-order valence-electron chi connectivity index (χ2n) is 6.43. The van der Waals surface area contributed by atoms with Crippen LogP contribution in [0.3, 0.4) is 0 Å². The number of aromatic nitrogens is 3. The molecule has 1 atom stereocenters. The maximum absolute atomic E-state index is 10.8. The molecule has 0 aliphatic carbocycles. The van der Waals surface area contributed by atoms with E-state index in [0.29, 0.717) is 0 Å². The highest BCUT2D eigenvalue weighted by Gasteiger charge is 2.12. The summed E-state index contributed by atoms with van der Waals surface area (Å²) >= 11 is 0. The molecule has 6 heteroatoms. The van der Waals surface area contributed by atoms with Gasteiger partial charge in [-0.15, -0.1) is 0 Å². The molecule has 2 aromatic heterocycles. The molecular formula is C18H24N4O2. The molecule has 3 rings (SSSR count). The van der Waals surface area contributed by atoms with Gasteiger partial charge in [0.15, 0.2) is 0 Å². The van der Waals surface area contributed by atoms with Crippen LogP contribution >= 0.6 is 0 Å². The van der Waals surface area contributed by atoms with Crippen LogP contribution < -0.4 is 5.32 Å². The minimum atomic E-state index is -0.799. The predicted molar refractivity (Wildman–Crippen MR) is 92.3 cm³/mol. The molecular weight excluding hydrogens is 304 g/mol. The third kappa shape index (κ3) is 4.13. The van der Waals surface area contributed by atoms with Crippen LogP contribution in [-0.2, 0) is 24.1 Å². The van der Waals surface area contributed by atoms with Crippen molar-refractivity contribution in [2.75, 3.05) is 11.9 Å². The van der Waals surface area contributed by atoms with Gasteiger partial charge >= 0.3 is 5.97 Å². The van der Waals surface area contributed by atoms with Crippen molar-refractivity contribution < 1.29 is 9.90 Å². The lowest BCUT2D eigenvalue weighted by Gasteiger charge is -2.17. The van der Waals surface area contributed by atoms with E-state index in [1.54, 1.807) is 4.68 Å². The fourth-order valence-electron chi connectivity index (χ4n) is 3.06. The average molecular weight is 328 g/mol. The van der Waals surface area contributed by atoms with Gasteiger partial charge in [-0.2, -0.15) is 5.10 Å². The van der Waals surface area contributed by atoms with Crippen molar-refractivity contribution in [2.45, 2.75) is 51.5 Å². The SMILES string of the molecule is C[C@H](CC(=O)O)n1ccc(CCCc2ccc3c(n2)NCCC3)n1. The van der Waals surface area contributed by atoms with Crippen molar-refractivity contribution >= 4 is 11.8 Å². The van der Waals surface area contributed by atoms with Gasteiger partial charge in [0.1, 0.15) is 5.82 Å². The molecule has 2 N–H and O–H groups in total. The zero-order valence-corrected chi connectivity index (χ0v) is 14.0. The van der Waals surface area contributed by atoms with E-state index in [1.165, 1.54) is 12.0 Å². The number of aliphatic carboxylic acids is 1. The van der Waals surface area contributed by atoms with Gasteiger partial charge in [-0.05, 0) is 56.7 Å². The molecule has 0 fully saturated rings. The monoisotopic (exact) mass is 328 g/mol. The summed E-state index contributed by atoms with van der Waals surface area (Å²) in [6.07, 6.45) is 7.03. The van der Waals surface area contributed by atoms with Crippen molar-refractivity contribution in [2.24, 2.45) is 0 Å². The minimum absolute atomic E-state index is 0.0904. The van der Waals surface area contributed by atoms with E-state index in [0.717, 1.165) is 49.4 Å². The smallest absolute Gasteiger partial charge is 0.305 e. The molecule has 0 saturated carbocycles. The lowest BCUT2D eigenvalue weighted by molar-refractivity contribution is -0.137. The third-order valence-electron chi connectivity index (χ3n) is 4.40. The quantitative estimate of drug-likeness (QED) is 0.817. The Morgan fingerprint density at radius 3 is 3.00 bits per heavy atom. The molecule has 0 amide bonds. The van der Waals surface area contributed by atoms with Crippen molar-refractivity contribution in [3.05, 3.63) is 41.3 Å². The van der Waals surface area contributed by atoms with Crippen LogP contribution in [0.15, 0.2) is 24.4 Å². The zero-order chi connectivity index (χ0) is 16.9. The zero-order valence-electron chi connectivity index (χ0n) is 14.0. The summed E-state index contributed by atoms with van der Waals surface area (Å²) in [5, 5.41) is 16.7. The first-order valence-electron chi connectivity index (χ1n) is 8.60. The molecule has 24 heavy (non-hydrogen) atoms. The summed E-state index contributed by atoms with van der Waals surface area (Å²) in [6, 6.07) is 6.16. The van der Waals surface area contributed by atoms with Crippen LogP contribution in [0.1, 0.15) is 49.2 Å². The van der Waals surface area contributed by atoms with Crippen molar-refractivity contribution in [1.82, 2.24) is 14.8 Å². The number of fused-ring (bicyclic) bond motifs is 1. The van der Waals surface area contributed by atoms with Gasteiger partial charge in [-0.25, -0.2) is 4.98 Å². The summed E-state index contributed by atoms with van der Waals surface area (Å²) in [5.41, 5.74) is 3.43. The highest BCUT2D eigenvalue weighted by Crippen LogP contribution is 2.20. The van der Waals surface area contributed by atoms with Gasteiger partial charge in [-0.1, -0.05) is 6.07 Å². The number of rotatable bonds is 7. The summed E-state index contributed by atoms with van der Waals surface area (Å²) in [6.45, 7) is 2.88. The van der Waals surface area contributed by atoms with Crippen LogP contribution in [0, 0.1) is 0 Å². The molecule has 0 spiro atoms. The van der Waals surface area contributed by atoms with E-state index in [9.17, 15) is 4.79 Å². The first kappa shape index (κ1) is 16.5. The molecule has 0 saturated heterocycles. The average Bonchev–Trinajstić information content (AvgIpc) is 3.03. The molecule has 3 heterocycles. The normalized spacial score (nSPS) is 14.7. The minimum Gasteiger partial charge on any atom is -0.481 e. The summed E-state index contributed by atoms with van der Waals surface area (Å²) in [5.74, 6) is 0.247. The number of nitrogens with zero attached hydrogens (tertiary/aromatic N) is 3. The Kier molecular flexibility index (Phi) is 5.13. The van der Waals surface area contributed by atoms with Gasteiger partial charge in [0.05, 0.1) is 18.2 Å². The van der Waals surface area contributed by atoms with Gasteiger partial charge in [0.25, 0.3) is 0 Å². The second-order valence-corrected chi connectivity index (χ2v) is 6.43. The number of pyridine rings is 1. The third-order valence-corrected chi connectivity index (χ3v) is 4.40. The molecule has 0 unspecified atom stereocenters.